The number of amides is 1. The number of rotatable bonds is 5. The van der Waals surface area contributed by atoms with Crippen molar-refractivity contribution in [2.24, 2.45) is 0 Å². The number of hydrogen-bond acceptors (Lipinski definition) is 4. The maximum atomic E-state index is 12.7. The zero-order chi connectivity index (χ0) is 16.1. The van der Waals surface area contributed by atoms with Crippen molar-refractivity contribution in [2.75, 3.05) is 32.8 Å². The van der Waals surface area contributed by atoms with Crippen molar-refractivity contribution in [3.8, 4) is 5.75 Å². The summed E-state index contributed by atoms with van der Waals surface area (Å²) in [6, 6.07) is 11.8. The normalized spacial score (nSPS) is 15.6. The number of thiophene rings is 1. The molecule has 2 aromatic rings. The van der Waals surface area contributed by atoms with Crippen molar-refractivity contribution >= 4 is 17.2 Å². The summed E-state index contributed by atoms with van der Waals surface area (Å²) in [5.74, 6) is 0.755. The standard InChI is InChI=1S/C18H22N2O2S/c1-2-22-17-8-4-3-7-16(17)18(21)20-11-9-19(10-12-20)14-15-6-5-13-23-15/h3-8,13H,2,9-12,14H2,1H3. The van der Waals surface area contributed by atoms with Crippen LogP contribution in [-0.4, -0.2) is 48.5 Å². The number of para-hydroxylation sites is 1. The molecule has 0 bridgehead atoms. The Morgan fingerprint density at radius 3 is 2.61 bits per heavy atom. The molecule has 1 aromatic heterocycles. The molecule has 1 aliphatic heterocycles. The third-order valence-corrected chi connectivity index (χ3v) is 4.90. The van der Waals surface area contributed by atoms with Gasteiger partial charge in [-0.05, 0) is 30.5 Å². The Hall–Kier alpha value is -1.85. The number of carbonyl (C=O) groups excluding carboxylic acids is 1. The van der Waals surface area contributed by atoms with Crippen molar-refractivity contribution in [1.29, 1.82) is 0 Å². The molecule has 0 N–H and O–H groups in total. The maximum Gasteiger partial charge on any atom is 0.257 e. The van der Waals surface area contributed by atoms with Gasteiger partial charge >= 0.3 is 0 Å². The van der Waals surface area contributed by atoms with E-state index in [9.17, 15) is 4.79 Å². The minimum Gasteiger partial charge on any atom is -0.493 e. The highest BCUT2D eigenvalue weighted by molar-refractivity contribution is 7.09. The van der Waals surface area contributed by atoms with E-state index >= 15 is 0 Å². The summed E-state index contributed by atoms with van der Waals surface area (Å²) >= 11 is 1.79. The molecule has 1 saturated heterocycles. The summed E-state index contributed by atoms with van der Waals surface area (Å²) in [7, 11) is 0. The van der Waals surface area contributed by atoms with Gasteiger partial charge in [-0.25, -0.2) is 0 Å². The van der Waals surface area contributed by atoms with Crippen LogP contribution < -0.4 is 4.74 Å². The Morgan fingerprint density at radius 2 is 1.91 bits per heavy atom. The van der Waals surface area contributed by atoms with Crippen LogP contribution in [0.3, 0.4) is 0 Å². The van der Waals surface area contributed by atoms with Crippen LogP contribution in [0.4, 0.5) is 0 Å². The molecule has 0 aliphatic carbocycles. The second-order valence-corrected chi connectivity index (χ2v) is 6.61. The fourth-order valence-corrected chi connectivity index (χ4v) is 3.57. The fraction of sp³-hybridized carbons (Fsp3) is 0.389. The van der Waals surface area contributed by atoms with E-state index in [1.54, 1.807) is 11.3 Å². The van der Waals surface area contributed by atoms with Gasteiger partial charge in [-0.1, -0.05) is 18.2 Å². The molecule has 1 fully saturated rings. The third-order valence-electron chi connectivity index (χ3n) is 4.04. The van der Waals surface area contributed by atoms with Gasteiger partial charge in [0.25, 0.3) is 5.91 Å². The Labute approximate surface area is 141 Å². The highest BCUT2D eigenvalue weighted by Gasteiger charge is 2.24. The molecule has 4 nitrogen and oxygen atoms in total. The Balaban J connectivity index is 1.60. The summed E-state index contributed by atoms with van der Waals surface area (Å²) in [4.78, 5) is 18.5. The number of carbonyl (C=O) groups is 1. The van der Waals surface area contributed by atoms with Gasteiger partial charge in [-0.15, -0.1) is 11.3 Å². The van der Waals surface area contributed by atoms with E-state index in [0.717, 1.165) is 32.7 Å². The van der Waals surface area contributed by atoms with Crippen molar-refractivity contribution in [3.63, 3.8) is 0 Å². The van der Waals surface area contributed by atoms with Gasteiger partial charge in [0.15, 0.2) is 0 Å². The van der Waals surface area contributed by atoms with Gasteiger partial charge in [-0.3, -0.25) is 9.69 Å². The van der Waals surface area contributed by atoms with Crippen LogP contribution in [0.15, 0.2) is 41.8 Å². The van der Waals surface area contributed by atoms with Crippen LogP contribution in [0.2, 0.25) is 0 Å². The van der Waals surface area contributed by atoms with Gasteiger partial charge in [0, 0.05) is 37.6 Å². The van der Waals surface area contributed by atoms with Crippen molar-refractivity contribution in [2.45, 2.75) is 13.5 Å². The molecule has 0 saturated carbocycles. The number of nitrogens with zero attached hydrogens (tertiary/aromatic N) is 2. The predicted octanol–water partition coefficient (Wildman–Crippen LogP) is 3.10. The van der Waals surface area contributed by atoms with Gasteiger partial charge < -0.3 is 9.64 Å². The van der Waals surface area contributed by atoms with Crippen LogP contribution in [0.1, 0.15) is 22.2 Å². The van der Waals surface area contributed by atoms with Crippen LogP contribution in [0, 0.1) is 0 Å². The Morgan fingerprint density at radius 1 is 1.13 bits per heavy atom. The summed E-state index contributed by atoms with van der Waals surface area (Å²) in [5, 5.41) is 2.11. The molecule has 3 rings (SSSR count). The minimum absolute atomic E-state index is 0.0739. The Bertz CT molecular complexity index is 634. The monoisotopic (exact) mass is 330 g/mol. The molecular formula is C18H22N2O2S. The Kier molecular flexibility index (Phi) is 5.31. The average Bonchev–Trinajstić information content (AvgIpc) is 3.09. The van der Waals surface area contributed by atoms with E-state index in [-0.39, 0.29) is 5.91 Å². The second-order valence-electron chi connectivity index (χ2n) is 5.58. The lowest BCUT2D eigenvalue weighted by molar-refractivity contribution is 0.0626. The summed E-state index contributed by atoms with van der Waals surface area (Å²) in [6.07, 6.45) is 0. The van der Waals surface area contributed by atoms with Gasteiger partial charge in [0.1, 0.15) is 5.75 Å². The van der Waals surface area contributed by atoms with Gasteiger partial charge in [0.05, 0.1) is 12.2 Å². The molecule has 1 aliphatic rings. The van der Waals surface area contributed by atoms with Crippen molar-refractivity contribution in [3.05, 3.63) is 52.2 Å². The minimum atomic E-state index is 0.0739. The molecule has 0 atom stereocenters. The molecule has 1 aromatic carbocycles. The van der Waals surface area contributed by atoms with E-state index < -0.39 is 0 Å². The van der Waals surface area contributed by atoms with Gasteiger partial charge in [-0.2, -0.15) is 0 Å². The largest absolute Gasteiger partial charge is 0.493 e. The zero-order valence-electron chi connectivity index (χ0n) is 13.4. The lowest BCUT2D eigenvalue weighted by Crippen LogP contribution is -2.48. The predicted molar refractivity (Wildman–Crippen MR) is 93.1 cm³/mol. The van der Waals surface area contributed by atoms with E-state index in [4.69, 9.17) is 4.74 Å². The zero-order valence-corrected chi connectivity index (χ0v) is 14.2. The molecule has 2 heterocycles. The molecule has 5 heteroatoms. The van der Waals surface area contributed by atoms with Crippen molar-refractivity contribution < 1.29 is 9.53 Å². The number of hydrogen-bond donors (Lipinski definition) is 0. The van der Waals surface area contributed by atoms with Gasteiger partial charge in [0.2, 0.25) is 0 Å². The highest BCUT2D eigenvalue weighted by atomic mass is 32.1. The molecule has 0 spiro atoms. The lowest BCUT2D eigenvalue weighted by Gasteiger charge is -2.34. The van der Waals surface area contributed by atoms with Crippen LogP contribution in [-0.2, 0) is 6.54 Å². The summed E-state index contributed by atoms with van der Waals surface area (Å²) < 4.78 is 5.58. The van der Waals surface area contributed by atoms with Crippen LogP contribution in [0.25, 0.3) is 0 Å². The van der Waals surface area contributed by atoms with Crippen LogP contribution in [0.5, 0.6) is 5.75 Å². The quantitative estimate of drug-likeness (QED) is 0.844. The number of ether oxygens (including phenoxy) is 1. The summed E-state index contributed by atoms with van der Waals surface area (Å²) in [5.41, 5.74) is 0.668. The van der Waals surface area contributed by atoms with E-state index in [1.165, 1.54) is 4.88 Å². The first kappa shape index (κ1) is 16.0. The van der Waals surface area contributed by atoms with Crippen LogP contribution >= 0.6 is 11.3 Å². The second kappa shape index (κ2) is 7.62. The lowest BCUT2D eigenvalue weighted by atomic mass is 10.1. The molecule has 1 amide bonds. The molecular weight excluding hydrogens is 308 g/mol. The highest BCUT2D eigenvalue weighted by Crippen LogP contribution is 2.21. The first-order valence-electron chi connectivity index (χ1n) is 8.03. The first-order chi connectivity index (χ1) is 11.3. The third kappa shape index (κ3) is 3.92. The molecule has 122 valence electrons. The number of piperazine rings is 1. The molecule has 0 unspecified atom stereocenters. The van der Waals surface area contributed by atoms with E-state index in [0.29, 0.717) is 17.9 Å². The smallest absolute Gasteiger partial charge is 0.257 e. The average molecular weight is 330 g/mol. The maximum absolute atomic E-state index is 12.7. The number of benzene rings is 1. The van der Waals surface area contributed by atoms with E-state index in [2.05, 4.69) is 22.4 Å². The summed E-state index contributed by atoms with van der Waals surface area (Å²) in [6.45, 7) is 6.86. The van der Waals surface area contributed by atoms with E-state index in [1.807, 2.05) is 36.1 Å². The van der Waals surface area contributed by atoms with Crippen molar-refractivity contribution in [1.82, 2.24) is 9.80 Å². The SMILES string of the molecule is CCOc1ccccc1C(=O)N1CCN(Cc2cccs2)CC1. The first-order valence-corrected chi connectivity index (χ1v) is 8.91. The topological polar surface area (TPSA) is 32.8 Å². The molecule has 23 heavy (non-hydrogen) atoms. The fourth-order valence-electron chi connectivity index (χ4n) is 2.83. The molecule has 0 radical (unpaired) electrons.